The van der Waals surface area contributed by atoms with Crippen LogP contribution in [0.3, 0.4) is 0 Å². The van der Waals surface area contributed by atoms with Crippen LogP contribution in [0.5, 0.6) is 0 Å². The predicted molar refractivity (Wildman–Crippen MR) is 77.2 cm³/mol. The highest BCUT2D eigenvalue weighted by Gasteiger charge is 2.32. The van der Waals surface area contributed by atoms with Crippen LogP contribution < -0.4 is 5.32 Å². The maximum Gasteiger partial charge on any atom is 0.146 e. The molecule has 1 N–H and O–H groups in total. The number of halogens is 3. The lowest BCUT2D eigenvalue weighted by Crippen LogP contribution is -2.34. The van der Waals surface area contributed by atoms with Gasteiger partial charge in [-0.2, -0.15) is 0 Å². The molecule has 104 valence electrons. The van der Waals surface area contributed by atoms with E-state index in [0.717, 1.165) is 18.4 Å². The Kier molecular flexibility index (Phi) is 3.62. The predicted octanol–water partition coefficient (Wildman–Crippen LogP) is 4.98. The van der Waals surface area contributed by atoms with Crippen molar-refractivity contribution in [1.29, 1.82) is 0 Å². The number of benzene rings is 2. The summed E-state index contributed by atoms with van der Waals surface area (Å²) in [4.78, 5) is 0. The minimum Gasteiger partial charge on any atom is -0.380 e. The van der Waals surface area contributed by atoms with Gasteiger partial charge >= 0.3 is 0 Å². The first kappa shape index (κ1) is 13.4. The first-order valence-electron chi connectivity index (χ1n) is 6.59. The third-order valence-electron chi connectivity index (χ3n) is 3.77. The van der Waals surface area contributed by atoms with E-state index in [4.69, 9.17) is 11.6 Å². The first-order chi connectivity index (χ1) is 9.63. The average Bonchev–Trinajstić information content (AvgIpc) is 2.38. The van der Waals surface area contributed by atoms with Crippen molar-refractivity contribution in [3.05, 3.63) is 64.7 Å². The lowest BCUT2D eigenvalue weighted by atomic mass is 9.75. The van der Waals surface area contributed by atoms with E-state index >= 15 is 0 Å². The molecule has 0 amide bonds. The minimum atomic E-state index is -0.316. The molecule has 1 saturated carbocycles. The molecule has 20 heavy (non-hydrogen) atoms. The Morgan fingerprint density at radius 3 is 2.50 bits per heavy atom. The fraction of sp³-hybridized carbons (Fsp3) is 0.250. The van der Waals surface area contributed by atoms with Gasteiger partial charge < -0.3 is 5.32 Å². The van der Waals surface area contributed by atoms with Gasteiger partial charge in [0, 0.05) is 11.1 Å². The maximum atomic E-state index is 13.6. The summed E-state index contributed by atoms with van der Waals surface area (Å²) in [6, 6.07) is 11.4. The van der Waals surface area contributed by atoms with Crippen LogP contribution >= 0.6 is 11.6 Å². The van der Waals surface area contributed by atoms with Gasteiger partial charge in [-0.15, -0.1) is 0 Å². The lowest BCUT2D eigenvalue weighted by molar-refractivity contribution is 0.362. The van der Waals surface area contributed by atoms with Crippen LogP contribution in [0.2, 0.25) is 5.02 Å². The second-order valence-corrected chi connectivity index (χ2v) is 5.59. The number of anilines is 1. The molecule has 1 aliphatic rings. The van der Waals surface area contributed by atoms with E-state index in [2.05, 4.69) is 5.32 Å². The van der Waals surface area contributed by atoms with Crippen molar-refractivity contribution in [3.8, 4) is 0 Å². The third kappa shape index (κ3) is 2.63. The molecule has 3 rings (SSSR count). The number of hydrogen-bond acceptors (Lipinski definition) is 1. The molecule has 2 aromatic rings. The number of rotatable bonds is 3. The zero-order chi connectivity index (χ0) is 14.1. The SMILES string of the molecule is Fc1ccc(Cl)cc1NC1CC(c2ccccc2F)C1. The van der Waals surface area contributed by atoms with E-state index in [1.807, 2.05) is 12.1 Å². The average molecular weight is 294 g/mol. The number of hydrogen-bond donors (Lipinski definition) is 1. The van der Waals surface area contributed by atoms with Crippen molar-refractivity contribution in [2.75, 3.05) is 5.32 Å². The lowest BCUT2D eigenvalue weighted by Gasteiger charge is -2.37. The van der Waals surface area contributed by atoms with Gasteiger partial charge in [0.15, 0.2) is 0 Å². The van der Waals surface area contributed by atoms with Crippen LogP contribution in [-0.2, 0) is 0 Å². The highest BCUT2D eigenvalue weighted by Crippen LogP contribution is 2.39. The highest BCUT2D eigenvalue weighted by atomic mass is 35.5. The quantitative estimate of drug-likeness (QED) is 0.842. The Morgan fingerprint density at radius 1 is 1.00 bits per heavy atom. The second-order valence-electron chi connectivity index (χ2n) is 5.16. The Hall–Kier alpha value is -1.61. The number of nitrogens with one attached hydrogen (secondary N) is 1. The second kappa shape index (κ2) is 5.41. The molecule has 0 radical (unpaired) electrons. The molecule has 0 bridgehead atoms. The summed E-state index contributed by atoms with van der Waals surface area (Å²) in [5.41, 5.74) is 1.16. The molecule has 2 aromatic carbocycles. The summed E-state index contributed by atoms with van der Waals surface area (Å²) >= 11 is 5.85. The van der Waals surface area contributed by atoms with Crippen LogP contribution in [0.1, 0.15) is 24.3 Å². The van der Waals surface area contributed by atoms with Crippen molar-refractivity contribution in [3.63, 3.8) is 0 Å². The molecule has 0 aromatic heterocycles. The Labute approximate surface area is 121 Å². The maximum absolute atomic E-state index is 13.6. The Morgan fingerprint density at radius 2 is 1.75 bits per heavy atom. The molecule has 0 heterocycles. The van der Waals surface area contributed by atoms with Gasteiger partial charge in [-0.05, 0) is 48.6 Å². The highest BCUT2D eigenvalue weighted by molar-refractivity contribution is 6.30. The third-order valence-corrected chi connectivity index (χ3v) is 4.01. The van der Waals surface area contributed by atoms with Crippen molar-refractivity contribution in [2.45, 2.75) is 24.8 Å². The zero-order valence-electron chi connectivity index (χ0n) is 10.7. The summed E-state index contributed by atoms with van der Waals surface area (Å²) in [6.45, 7) is 0. The first-order valence-corrected chi connectivity index (χ1v) is 6.97. The molecule has 0 saturated heterocycles. The molecule has 0 aliphatic heterocycles. The summed E-state index contributed by atoms with van der Waals surface area (Å²) in [5, 5.41) is 3.62. The Balaban J connectivity index is 1.64. The van der Waals surface area contributed by atoms with E-state index in [0.29, 0.717) is 10.7 Å². The zero-order valence-corrected chi connectivity index (χ0v) is 11.5. The van der Waals surface area contributed by atoms with E-state index in [1.54, 1.807) is 12.1 Å². The fourth-order valence-electron chi connectivity index (χ4n) is 2.62. The van der Waals surface area contributed by atoms with E-state index < -0.39 is 0 Å². The topological polar surface area (TPSA) is 12.0 Å². The van der Waals surface area contributed by atoms with E-state index in [9.17, 15) is 8.78 Å². The molecule has 4 heteroatoms. The monoisotopic (exact) mass is 293 g/mol. The molecule has 0 unspecified atom stereocenters. The van der Waals surface area contributed by atoms with Gasteiger partial charge in [0.05, 0.1) is 5.69 Å². The summed E-state index contributed by atoms with van der Waals surface area (Å²) in [7, 11) is 0. The largest absolute Gasteiger partial charge is 0.380 e. The van der Waals surface area contributed by atoms with Gasteiger partial charge in [-0.25, -0.2) is 8.78 Å². The minimum absolute atomic E-state index is 0.160. The smallest absolute Gasteiger partial charge is 0.146 e. The summed E-state index contributed by atoms with van der Waals surface area (Å²) in [5.74, 6) is -0.274. The molecule has 1 aliphatic carbocycles. The van der Waals surface area contributed by atoms with Crippen LogP contribution in [0.25, 0.3) is 0 Å². The Bertz CT molecular complexity index is 624. The van der Waals surface area contributed by atoms with Crippen molar-refractivity contribution in [1.82, 2.24) is 0 Å². The molecule has 0 spiro atoms. The standard InChI is InChI=1S/C16H14ClF2N/c17-11-5-6-15(19)16(9-11)20-12-7-10(8-12)13-3-1-2-4-14(13)18/h1-6,9-10,12,20H,7-8H2. The summed E-state index contributed by atoms with van der Waals surface area (Å²) in [6.07, 6.45) is 1.60. The van der Waals surface area contributed by atoms with Gasteiger partial charge in [-0.3, -0.25) is 0 Å². The molecule has 1 fully saturated rings. The van der Waals surface area contributed by atoms with Gasteiger partial charge in [0.1, 0.15) is 11.6 Å². The normalized spacial score (nSPS) is 21.4. The van der Waals surface area contributed by atoms with Crippen LogP contribution in [0, 0.1) is 11.6 Å². The van der Waals surface area contributed by atoms with Gasteiger partial charge in [0.2, 0.25) is 0 Å². The van der Waals surface area contributed by atoms with Crippen molar-refractivity contribution < 1.29 is 8.78 Å². The van der Waals surface area contributed by atoms with E-state index in [1.165, 1.54) is 18.2 Å². The van der Waals surface area contributed by atoms with Crippen LogP contribution in [0.4, 0.5) is 14.5 Å². The molecule has 0 atom stereocenters. The van der Waals surface area contributed by atoms with Gasteiger partial charge in [-0.1, -0.05) is 29.8 Å². The van der Waals surface area contributed by atoms with Gasteiger partial charge in [0.25, 0.3) is 0 Å². The molecular formula is C16H14ClF2N. The fourth-order valence-corrected chi connectivity index (χ4v) is 2.80. The van der Waals surface area contributed by atoms with Crippen LogP contribution in [0.15, 0.2) is 42.5 Å². The summed E-state index contributed by atoms with van der Waals surface area (Å²) < 4.78 is 27.2. The molecule has 1 nitrogen and oxygen atoms in total. The molecular weight excluding hydrogens is 280 g/mol. The van der Waals surface area contributed by atoms with Crippen LogP contribution in [-0.4, -0.2) is 6.04 Å². The van der Waals surface area contributed by atoms with Crippen molar-refractivity contribution in [2.24, 2.45) is 0 Å². The van der Waals surface area contributed by atoms with E-state index in [-0.39, 0.29) is 23.6 Å². The van der Waals surface area contributed by atoms with Crippen molar-refractivity contribution >= 4 is 17.3 Å².